The van der Waals surface area contributed by atoms with Crippen LogP contribution < -0.4 is 5.69 Å². The number of hydrogen-bond acceptors (Lipinski definition) is 2. The van der Waals surface area contributed by atoms with Gasteiger partial charge in [0.15, 0.2) is 0 Å². The van der Waals surface area contributed by atoms with E-state index in [4.69, 9.17) is 0 Å². The molecule has 0 aliphatic heterocycles. The van der Waals surface area contributed by atoms with Crippen LogP contribution in [0.1, 0.15) is 5.56 Å². The Morgan fingerprint density at radius 3 is 2.71 bits per heavy atom. The summed E-state index contributed by atoms with van der Waals surface area (Å²) in [6, 6.07) is 9.65. The fourth-order valence-corrected chi connectivity index (χ4v) is 1.38. The lowest BCUT2D eigenvalue weighted by molar-refractivity contribution is 1.08. The van der Waals surface area contributed by atoms with Crippen LogP contribution in [-0.4, -0.2) is 9.97 Å². The van der Waals surface area contributed by atoms with Crippen LogP contribution in [0, 0.1) is 6.92 Å². The van der Waals surface area contributed by atoms with E-state index in [1.54, 1.807) is 12.3 Å². The first-order valence-electron chi connectivity index (χ1n) is 4.39. The van der Waals surface area contributed by atoms with E-state index in [0.717, 1.165) is 11.1 Å². The quantitative estimate of drug-likeness (QED) is 0.737. The molecule has 0 spiro atoms. The van der Waals surface area contributed by atoms with Gasteiger partial charge in [0.1, 0.15) is 0 Å². The van der Waals surface area contributed by atoms with Crippen LogP contribution in [0.15, 0.2) is 41.3 Å². The Balaban J connectivity index is 2.61. The molecule has 3 nitrogen and oxygen atoms in total. The number of aryl methyl sites for hydroxylation is 1. The van der Waals surface area contributed by atoms with E-state index < -0.39 is 0 Å². The van der Waals surface area contributed by atoms with E-state index in [0.29, 0.717) is 5.69 Å². The molecule has 0 fully saturated rings. The topological polar surface area (TPSA) is 45.8 Å². The molecule has 14 heavy (non-hydrogen) atoms. The Morgan fingerprint density at radius 1 is 1.21 bits per heavy atom. The number of rotatable bonds is 1. The summed E-state index contributed by atoms with van der Waals surface area (Å²) in [6.07, 6.45) is 1.61. The molecule has 70 valence electrons. The first-order chi connectivity index (χ1) is 6.77. The van der Waals surface area contributed by atoms with E-state index in [1.807, 2.05) is 31.2 Å². The van der Waals surface area contributed by atoms with Crippen molar-refractivity contribution in [2.45, 2.75) is 6.92 Å². The standard InChI is InChI=1S/C11H10N2O/c1-8-4-2-3-5-9(8)10-6-7-12-11(14)13-10/h2-7H,1H3,(H,12,13,14). The van der Waals surface area contributed by atoms with Gasteiger partial charge in [-0.2, -0.15) is 4.98 Å². The van der Waals surface area contributed by atoms with E-state index in [-0.39, 0.29) is 5.69 Å². The summed E-state index contributed by atoms with van der Waals surface area (Å²) in [5, 5.41) is 0. The molecule has 1 aromatic carbocycles. The van der Waals surface area contributed by atoms with E-state index >= 15 is 0 Å². The van der Waals surface area contributed by atoms with Gasteiger partial charge in [0.2, 0.25) is 0 Å². The van der Waals surface area contributed by atoms with Gasteiger partial charge in [-0.1, -0.05) is 24.3 Å². The van der Waals surface area contributed by atoms with Crippen molar-refractivity contribution in [3.63, 3.8) is 0 Å². The zero-order chi connectivity index (χ0) is 9.97. The van der Waals surface area contributed by atoms with Gasteiger partial charge < -0.3 is 4.98 Å². The summed E-state index contributed by atoms with van der Waals surface area (Å²) >= 11 is 0. The van der Waals surface area contributed by atoms with Gasteiger partial charge in [0.05, 0.1) is 5.69 Å². The van der Waals surface area contributed by atoms with Crippen LogP contribution in [-0.2, 0) is 0 Å². The maximum absolute atomic E-state index is 11.0. The molecule has 0 bridgehead atoms. The van der Waals surface area contributed by atoms with Gasteiger partial charge >= 0.3 is 5.69 Å². The first-order valence-corrected chi connectivity index (χ1v) is 4.39. The highest BCUT2D eigenvalue weighted by Crippen LogP contribution is 2.18. The minimum Gasteiger partial charge on any atom is -0.313 e. The van der Waals surface area contributed by atoms with Gasteiger partial charge in [-0.3, -0.25) is 0 Å². The predicted molar refractivity (Wildman–Crippen MR) is 55.0 cm³/mol. The number of aromatic nitrogens is 2. The number of hydrogen-bond donors (Lipinski definition) is 1. The third-order valence-corrected chi connectivity index (χ3v) is 2.09. The highest BCUT2D eigenvalue weighted by molar-refractivity contribution is 5.62. The second-order valence-corrected chi connectivity index (χ2v) is 3.09. The van der Waals surface area contributed by atoms with Crippen LogP contribution in [0.25, 0.3) is 11.3 Å². The summed E-state index contributed by atoms with van der Waals surface area (Å²) < 4.78 is 0. The third-order valence-electron chi connectivity index (χ3n) is 2.09. The Kier molecular flexibility index (Phi) is 2.14. The van der Waals surface area contributed by atoms with Crippen molar-refractivity contribution < 1.29 is 0 Å². The molecule has 0 aliphatic carbocycles. The van der Waals surface area contributed by atoms with Crippen molar-refractivity contribution in [2.24, 2.45) is 0 Å². The number of H-pyrrole nitrogens is 1. The molecule has 0 unspecified atom stereocenters. The maximum Gasteiger partial charge on any atom is 0.345 e. The predicted octanol–water partition coefficient (Wildman–Crippen LogP) is 1.75. The van der Waals surface area contributed by atoms with Crippen LogP contribution in [0.3, 0.4) is 0 Å². The molecular formula is C11H10N2O. The van der Waals surface area contributed by atoms with Crippen molar-refractivity contribution in [3.05, 3.63) is 52.6 Å². The fraction of sp³-hybridized carbons (Fsp3) is 0.0909. The van der Waals surface area contributed by atoms with Gasteiger partial charge in [-0.25, -0.2) is 4.79 Å². The minimum absolute atomic E-state index is 0.314. The largest absolute Gasteiger partial charge is 0.345 e. The average molecular weight is 186 g/mol. The monoisotopic (exact) mass is 186 g/mol. The molecule has 0 saturated carbocycles. The Morgan fingerprint density at radius 2 is 2.00 bits per heavy atom. The molecule has 0 aliphatic rings. The number of nitrogens with zero attached hydrogens (tertiary/aromatic N) is 1. The lowest BCUT2D eigenvalue weighted by atomic mass is 10.1. The molecule has 3 heteroatoms. The van der Waals surface area contributed by atoms with Crippen molar-refractivity contribution in [3.8, 4) is 11.3 Å². The van der Waals surface area contributed by atoms with Crippen LogP contribution in [0.5, 0.6) is 0 Å². The summed E-state index contributed by atoms with van der Waals surface area (Å²) in [5.74, 6) is 0. The fourth-order valence-electron chi connectivity index (χ4n) is 1.38. The smallest absolute Gasteiger partial charge is 0.313 e. The van der Waals surface area contributed by atoms with Crippen molar-refractivity contribution in [1.82, 2.24) is 9.97 Å². The lowest BCUT2D eigenvalue weighted by Crippen LogP contribution is -2.09. The molecule has 1 aromatic heterocycles. The molecule has 1 heterocycles. The Bertz CT molecular complexity index is 502. The van der Waals surface area contributed by atoms with Gasteiger partial charge in [-0.05, 0) is 18.6 Å². The lowest BCUT2D eigenvalue weighted by Gasteiger charge is -2.02. The van der Waals surface area contributed by atoms with E-state index in [1.165, 1.54) is 0 Å². The second kappa shape index (κ2) is 3.46. The Labute approximate surface area is 81.5 Å². The molecule has 2 rings (SSSR count). The number of nitrogens with one attached hydrogen (secondary N) is 1. The SMILES string of the molecule is Cc1ccccc1-c1cc[nH]c(=O)n1. The summed E-state index contributed by atoms with van der Waals surface area (Å²) in [6.45, 7) is 2.00. The summed E-state index contributed by atoms with van der Waals surface area (Å²) in [7, 11) is 0. The minimum atomic E-state index is -0.314. The van der Waals surface area contributed by atoms with E-state index in [2.05, 4.69) is 9.97 Å². The highest BCUT2D eigenvalue weighted by atomic mass is 16.1. The molecule has 2 aromatic rings. The molecule has 0 saturated heterocycles. The zero-order valence-corrected chi connectivity index (χ0v) is 7.82. The molecular weight excluding hydrogens is 176 g/mol. The zero-order valence-electron chi connectivity index (χ0n) is 7.82. The number of benzene rings is 1. The van der Waals surface area contributed by atoms with Crippen LogP contribution >= 0.6 is 0 Å². The Hall–Kier alpha value is -1.90. The highest BCUT2D eigenvalue weighted by Gasteiger charge is 2.01. The van der Waals surface area contributed by atoms with Gasteiger partial charge in [0, 0.05) is 11.8 Å². The van der Waals surface area contributed by atoms with Gasteiger partial charge in [-0.15, -0.1) is 0 Å². The average Bonchev–Trinajstić information content (AvgIpc) is 2.18. The number of aromatic amines is 1. The maximum atomic E-state index is 11.0. The van der Waals surface area contributed by atoms with Crippen LogP contribution in [0.2, 0.25) is 0 Å². The molecule has 0 atom stereocenters. The summed E-state index contributed by atoms with van der Waals surface area (Å²) in [5.41, 5.74) is 2.52. The first kappa shape index (κ1) is 8.69. The van der Waals surface area contributed by atoms with Gasteiger partial charge in [0.25, 0.3) is 0 Å². The van der Waals surface area contributed by atoms with Crippen molar-refractivity contribution in [1.29, 1.82) is 0 Å². The normalized spacial score (nSPS) is 10.1. The van der Waals surface area contributed by atoms with Crippen LogP contribution in [0.4, 0.5) is 0 Å². The molecule has 0 amide bonds. The second-order valence-electron chi connectivity index (χ2n) is 3.09. The van der Waals surface area contributed by atoms with Crippen molar-refractivity contribution >= 4 is 0 Å². The summed E-state index contributed by atoms with van der Waals surface area (Å²) in [4.78, 5) is 17.4. The molecule has 1 N–H and O–H groups in total. The van der Waals surface area contributed by atoms with Crippen molar-refractivity contribution in [2.75, 3.05) is 0 Å². The molecule has 0 radical (unpaired) electrons. The van der Waals surface area contributed by atoms with E-state index in [9.17, 15) is 4.79 Å². The third kappa shape index (κ3) is 1.57.